The second kappa shape index (κ2) is 7.76. The van der Waals surface area contributed by atoms with E-state index in [9.17, 15) is 14.7 Å². The molecule has 0 radical (unpaired) electrons. The van der Waals surface area contributed by atoms with Gasteiger partial charge in [0.05, 0.1) is 11.6 Å². The molecule has 30 heavy (non-hydrogen) atoms. The van der Waals surface area contributed by atoms with E-state index in [1.807, 2.05) is 68.1 Å². The third kappa shape index (κ3) is 3.16. The van der Waals surface area contributed by atoms with Crippen molar-refractivity contribution in [2.75, 3.05) is 6.54 Å². The SMILES string of the molecule is CCCN1C(=O)C(=O)/C(=C(/O)c2ccc(Br)c(C)c2)C1c1cn(C)c2ccccc12. The summed E-state index contributed by atoms with van der Waals surface area (Å²) in [5, 5.41) is 12.1. The largest absolute Gasteiger partial charge is 0.507 e. The fourth-order valence-corrected chi connectivity index (χ4v) is 4.46. The van der Waals surface area contributed by atoms with Crippen molar-refractivity contribution in [2.45, 2.75) is 26.3 Å². The van der Waals surface area contributed by atoms with E-state index in [0.717, 1.165) is 26.5 Å². The lowest BCUT2D eigenvalue weighted by Crippen LogP contribution is -2.30. The van der Waals surface area contributed by atoms with E-state index in [2.05, 4.69) is 15.9 Å². The molecule has 0 spiro atoms. The molecule has 2 aromatic carbocycles. The number of halogens is 1. The zero-order valence-corrected chi connectivity index (χ0v) is 18.7. The Labute approximate surface area is 183 Å². The number of para-hydroxylation sites is 1. The van der Waals surface area contributed by atoms with Crippen LogP contribution in [0.1, 0.15) is 36.1 Å². The number of hydrogen-bond acceptors (Lipinski definition) is 3. The fourth-order valence-electron chi connectivity index (χ4n) is 4.21. The second-order valence-corrected chi connectivity index (χ2v) is 8.52. The Morgan fingerprint density at radius 3 is 2.60 bits per heavy atom. The summed E-state index contributed by atoms with van der Waals surface area (Å²) < 4.78 is 2.90. The van der Waals surface area contributed by atoms with Crippen LogP contribution in [0.4, 0.5) is 0 Å². The molecule has 1 amide bonds. The van der Waals surface area contributed by atoms with Gasteiger partial charge in [-0.05, 0) is 37.1 Å². The molecule has 1 N–H and O–H groups in total. The van der Waals surface area contributed by atoms with Gasteiger partial charge in [0.15, 0.2) is 0 Å². The summed E-state index contributed by atoms with van der Waals surface area (Å²) in [6.07, 6.45) is 2.66. The number of aryl methyl sites for hydroxylation is 2. The first-order valence-corrected chi connectivity index (χ1v) is 10.7. The second-order valence-electron chi connectivity index (χ2n) is 7.67. The Hall–Kier alpha value is -2.86. The fraction of sp³-hybridized carbons (Fsp3) is 0.250. The number of fused-ring (bicyclic) bond motifs is 1. The Balaban J connectivity index is 1.98. The van der Waals surface area contributed by atoms with Crippen molar-refractivity contribution >= 4 is 44.3 Å². The van der Waals surface area contributed by atoms with Gasteiger partial charge >= 0.3 is 0 Å². The maximum atomic E-state index is 13.1. The van der Waals surface area contributed by atoms with Gasteiger partial charge in [0.2, 0.25) is 0 Å². The molecule has 2 heterocycles. The predicted octanol–water partition coefficient (Wildman–Crippen LogP) is 5.08. The van der Waals surface area contributed by atoms with Gasteiger partial charge in [-0.2, -0.15) is 0 Å². The molecule has 1 fully saturated rings. The number of aromatic nitrogens is 1. The highest BCUT2D eigenvalue weighted by Crippen LogP contribution is 2.42. The van der Waals surface area contributed by atoms with Crippen LogP contribution < -0.4 is 0 Å². The van der Waals surface area contributed by atoms with Crippen LogP contribution in [0.25, 0.3) is 16.7 Å². The van der Waals surface area contributed by atoms with Gasteiger partial charge in [-0.1, -0.05) is 47.1 Å². The predicted molar refractivity (Wildman–Crippen MR) is 121 cm³/mol. The van der Waals surface area contributed by atoms with Crippen LogP contribution in [0.15, 0.2) is 58.7 Å². The number of ketones is 1. The molecule has 1 aliphatic rings. The number of nitrogens with zero attached hydrogens (tertiary/aromatic N) is 2. The molecule has 1 saturated heterocycles. The van der Waals surface area contributed by atoms with Crippen LogP contribution >= 0.6 is 15.9 Å². The lowest BCUT2D eigenvalue weighted by atomic mass is 9.94. The lowest BCUT2D eigenvalue weighted by Gasteiger charge is -2.24. The minimum absolute atomic E-state index is 0.138. The molecule has 5 nitrogen and oxygen atoms in total. The van der Waals surface area contributed by atoms with Gasteiger partial charge in [0.25, 0.3) is 11.7 Å². The molecule has 154 valence electrons. The Morgan fingerprint density at radius 1 is 1.17 bits per heavy atom. The Bertz CT molecular complexity index is 1210. The van der Waals surface area contributed by atoms with Crippen molar-refractivity contribution in [3.63, 3.8) is 0 Å². The molecule has 4 rings (SSSR count). The van der Waals surface area contributed by atoms with Gasteiger partial charge in [-0.3, -0.25) is 9.59 Å². The smallest absolute Gasteiger partial charge is 0.295 e. The van der Waals surface area contributed by atoms with Crippen molar-refractivity contribution < 1.29 is 14.7 Å². The van der Waals surface area contributed by atoms with Crippen molar-refractivity contribution in [2.24, 2.45) is 7.05 Å². The van der Waals surface area contributed by atoms with Gasteiger partial charge in [0, 0.05) is 46.3 Å². The molecular formula is C24H23BrN2O3. The molecule has 1 unspecified atom stereocenters. The van der Waals surface area contributed by atoms with Gasteiger partial charge in [0.1, 0.15) is 5.76 Å². The third-order valence-corrected chi connectivity index (χ3v) is 6.55. The minimum atomic E-state index is -0.639. The highest BCUT2D eigenvalue weighted by molar-refractivity contribution is 9.10. The van der Waals surface area contributed by atoms with Crippen molar-refractivity contribution in [3.05, 3.63) is 75.4 Å². The zero-order valence-electron chi connectivity index (χ0n) is 17.1. The number of rotatable bonds is 4. The number of carbonyl (C=O) groups excluding carboxylic acids is 2. The summed E-state index contributed by atoms with van der Waals surface area (Å²) in [7, 11) is 1.94. The minimum Gasteiger partial charge on any atom is -0.507 e. The summed E-state index contributed by atoms with van der Waals surface area (Å²) in [6.45, 7) is 4.32. The Morgan fingerprint density at radius 2 is 1.90 bits per heavy atom. The number of hydrogen-bond donors (Lipinski definition) is 1. The molecule has 1 atom stereocenters. The van der Waals surface area contributed by atoms with Gasteiger partial charge in [-0.25, -0.2) is 0 Å². The van der Waals surface area contributed by atoms with Crippen LogP contribution in [0.3, 0.4) is 0 Å². The maximum Gasteiger partial charge on any atom is 0.295 e. The van der Waals surface area contributed by atoms with E-state index < -0.39 is 17.7 Å². The average Bonchev–Trinajstić information content (AvgIpc) is 3.19. The van der Waals surface area contributed by atoms with Crippen LogP contribution in [0.5, 0.6) is 0 Å². The molecule has 3 aromatic rings. The standard InChI is InChI=1S/C24H23BrN2O3/c1-4-11-27-21(17-13-26(3)19-8-6-5-7-16(17)19)20(23(29)24(27)30)22(28)15-9-10-18(25)14(2)12-15/h5-10,12-13,21,28H,4,11H2,1-3H3/b22-20+. The summed E-state index contributed by atoms with van der Waals surface area (Å²) in [5.41, 5.74) is 3.45. The van der Waals surface area contributed by atoms with E-state index in [-0.39, 0.29) is 11.3 Å². The first-order valence-electron chi connectivity index (χ1n) is 9.94. The van der Waals surface area contributed by atoms with E-state index >= 15 is 0 Å². The number of carbonyl (C=O) groups is 2. The number of Topliss-reactive ketones (excluding diaryl/α,β-unsaturated/α-hetero) is 1. The highest BCUT2D eigenvalue weighted by Gasteiger charge is 2.46. The topological polar surface area (TPSA) is 62.5 Å². The van der Waals surface area contributed by atoms with Crippen molar-refractivity contribution in [1.82, 2.24) is 9.47 Å². The van der Waals surface area contributed by atoms with Crippen LogP contribution in [0, 0.1) is 6.92 Å². The molecule has 0 saturated carbocycles. The van der Waals surface area contributed by atoms with Crippen LogP contribution in [0.2, 0.25) is 0 Å². The third-order valence-electron chi connectivity index (χ3n) is 5.66. The quantitative estimate of drug-likeness (QED) is 0.331. The first-order chi connectivity index (χ1) is 14.3. The van der Waals surface area contributed by atoms with Gasteiger partial charge < -0.3 is 14.6 Å². The number of aliphatic hydroxyl groups is 1. The summed E-state index contributed by atoms with van der Waals surface area (Å²) >= 11 is 3.46. The summed E-state index contributed by atoms with van der Waals surface area (Å²) in [6, 6.07) is 12.7. The number of amides is 1. The Kier molecular flexibility index (Phi) is 5.28. The normalized spacial score (nSPS) is 18.5. The first kappa shape index (κ1) is 20.4. The molecule has 0 aliphatic carbocycles. The maximum absolute atomic E-state index is 13.1. The van der Waals surface area contributed by atoms with E-state index in [1.54, 1.807) is 11.0 Å². The lowest BCUT2D eigenvalue weighted by molar-refractivity contribution is -0.139. The average molecular weight is 467 g/mol. The monoisotopic (exact) mass is 466 g/mol. The summed E-state index contributed by atoms with van der Waals surface area (Å²) in [5.74, 6) is -1.34. The summed E-state index contributed by atoms with van der Waals surface area (Å²) in [4.78, 5) is 27.5. The molecule has 6 heteroatoms. The van der Waals surface area contributed by atoms with Crippen LogP contribution in [-0.2, 0) is 16.6 Å². The van der Waals surface area contributed by atoms with E-state index in [0.29, 0.717) is 18.5 Å². The van der Waals surface area contributed by atoms with Crippen molar-refractivity contribution in [3.8, 4) is 0 Å². The highest BCUT2D eigenvalue weighted by atomic mass is 79.9. The number of benzene rings is 2. The van der Waals surface area contributed by atoms with Crippen molar-refractivity contribution in [1.29, 1.82) is 0 Å². The van der Waals surface area contributed by atoms with Gasteiger partial charge in [-0.15, -0.1) is 0 Å². The van der Waals surface area contributed by atoms with Crippen LogP contribution in [-0.4, -0.2) is 32.8 Å². The van der Waals surface area contributed by atoms with E-state index in [4.69, 9.17) is 0 Å². The number of likely N-dealkylation sites (tertiary alicyclic amines) is 1. The molecule has 1 aromatic heterocycles. The van der Waals surface area contributed by atoms with E-state index in [1.165, 1.54) is 0 Å². The molecule has 1 aliphatic heterocycles. The molecular weight excluding hydrogens is 444 g/mol. The zero-order chi connectivity index (χ0) is 21.6. The number of aliphatic hydroxyl groups excluding tert-OH is 1. The molecule has 0 bridgehead atoms.